The fourth-order valence-electron chi connectivity index (χ4n) is 6.26. The smallest absolute Gasteiger partial charge is 0.415 e. The van der Waals surface area contributed by atoms with Crippen molar-refractivity contribution in [3.05, 3.63) is 114 Å². The van der Waals surface area contributed by atoms with E-state index in [-0.39, 0.29) is 29.8 Å². The summed E-state index contributed by atoms with van der Waals surface area (Å²) in [5, 5.41) is 13.8. The molecule has 3 rings (SSSR count). The molecule has 238 valence electrons. The van der Waals surface area contributed by atoms with E-state index >= 15 is 0 Å². The Kier molecular flexibility index (Phi) is 13.4. The molecule has 0 spiro atoms. The van der Waals surface area contributed by atoms with Gasteiger partial charge in [0.05, 0.1) is 20.4 Å². The molecule has 5 nitrogen and oxygen atoms in total. The van der Waals surface area contributed by atoms with E-state index in [1.165, 1.54) is 22.6 Å². The highest BCUT2D eigenvalue weighted by molar-refractivity contribution is 6.91. The minimum absolute atomic E-state index is 0.0207. The fraction of sp³-hybridized carbons (Fsp3) is 0.447. The average Bonchev–Trinajstić information content (AvgIpc) is 2.98. The summed E-state index contributed by atoms with van der Waals surface area (Å²) in [5.74, 6) is 0.373. The molecule has 0 saturated carbocycles. The SMILES string of the molecule is CC(C)C[C@@H]([C@H](O)[C@@H](/C=C\OC(=O)N(C(C)C)C(C)C)[Si](C)(C)c1ccccc1)N(Cc1ccccc1)Cc1ccccc1. The van der Waals surface area contributed by atoms with Gasteiger partial charge in [-0.15, -0.1) is 0 Å². The third-order valence-electron chi connectivity index (χ3n) is 8.53. The van der Waals surface area contributed by atoms with Crippen molar-refractivity contribution < 1.29 is 14.6 Å². The molecule has 0 bridgehead atoms. The van der Waals surface area contributed by atoms with Gasteiger partial charge in [-0.1, -0.05) is 123 Å². The topological polar surface area (TPSA) is 53.0 Å². The van der Waals surface area contributed by atoms with E-state index in [0.29, 0.717) is 5.92 Å². The van der Waals surface area contributed by atoms with Crippen LogP contribution in [0.5, 0.6) is 0 Å². The van der Waals surface area contributed by atoms with Crippen LogP contribution in [-0.4, -0.2) is 53.3 Å². The third-order valence-corrected chi connectivity index (χ3v) is 12.6. The Balaban J connectivity index is 2.05. The zero-order valence-electron chi connectivity index (χ0n) is 28.1. The number of carbonyl (C=O) groups is 1. The van der Waals surface area contributed by atoms with Crippen molar-refractivity contribution in [2.24, 2.45) is 5.92 Å². The molecule has 0 aromatic heterocycles. The van der Waals surface area contributed by atoms with Crippen LogP contribution in [0.4, 0.5) is 4.79 Å². The second-order valence-corrected chi connectivity index (χ2v) is 18.2. The summed E-state index contributed by atoms with van der Waals surface area (Å²) < 4.78 is 5.76. The number of aliphatic hydroxyl groups excluding tert-OH is 1. The lowest BCUT2D eigenvalue weighted by Gasteiger charge is -2.43. The molecule has 0 unspecified atom stereocenters. The van der Waals surface area contributed by atoms with Gasteiger partial charge in [-0.2, -0.15) is 0 Å². The van der Waals surface area contributed by atoms with E-state index in [1.54, 1.807) is 4.90 Å². The quantitative estimate of drug-likeness (QED) is 0.138. The molecule has 0 aliphatic rings. The van der Waals surface area contributed by atoms with Crippen molar-refractivity contribution >= 4 is 19.4 Å². The average molecular weight is 615 g/mol. The monoisotopic (exact) mass is 614 g/mol. The number of rotatable bonds is 15. The highest BCUT2D eigenvalue weighted by Gasteiger charge is 2.42. The molecule has 0 fully saturated rings. The normalized spacial score (nSPS) is 14.4. The van der Waals surface area contributed by atoms with Crippen LogP contribution in [0.1, 0.15) is 59.1 Å². The number of carbonyl (C=O) groups excluding carboxylic acids is 1. The van der Waals surface area contributed by atoms with Crippen LogP contribution in [0.25, 0.3) is 0 Å². The molecule has 0 saturated heterocycles. The van der Waals surface area contributed by atoms with Crippen LogP contribution in [0.15, 0.2) is 103 Å². The van der Waals surface area contributed by atoms with Gasteiger partial charge in [0.2, 0.25) is 0 Å². The summed E-state index contributed by atoms with van der Waals surface area (Å²) >= 11 is 0. The summed E-state index contributed by atoms with van der Waals surface area (Å²) in [6.45, 7) is 18.5. The molecule has 6 heteroatoms. The zero-order chi connectivity index (χ0) is 32.3. The van der Waals surface area contributed by atoms with E-state index in [4.69, 9.17) is 4.74 Å². The molecule has 0 aliphatic carbocycles. The van der Waals surface area contributed by atoms with Gasteiger partial charge < -0.3 is 14.7 Å². The first kappa shape index (κ1) is 35.3. The van der Waals surface area contributed by atoms with Crippen molar-refractivity contribution in [2.75, 3.05) is 0 Å². The van der Waals surface area contributed by atoms with E-state index in [1.807, 2.05) is 52.0 Å². The Labute approximate surface area is 267 Å². The van der Waals surface area contributed by atoms with Gasteiger partial charge >= 0.3 is 6.09 Å². The standard InChI is InChI=1S/C38H54N2O3Si/c1-29(2)26-35(39(27-32-18-12-9-13-19-32)28-33-20-14-10-15-21-33)37(41)36(44(7,8)34-22-16-11-17-23-34)24-25-43-38(42)40(30(3)4)31(5)6/h9-25,29-31,35-37,41H,26-28H2,1-8H3/b25-24-/t35-,36+,37-/m0/s1. The lowest BCUT2D eigenvalue weighted by atomic mass is 9.94. The second-order valence-electron chi connectivity index (χ2n) is 13.5. The van der Waals surface area contributed by atoms with Crippen molar-refractivity contribution in [1.82, 2.24) is 9.80 Å². The molecule has 1 N–H and O–H groups in total. The Morgan fingerprint density at radius 3 is 1.66 bits per heavy atom. The number of ether oxygens (including phenoxy) is 1. The largest absolute Gasteiger partial charge is 0.418 e. The number of aliphatic hydroxyl groups is 1. The van der Waals surface area contributed by atoms with Gasteiger partial charge in [0.15, 0.2) is 0 Å². The van der Waals surface area contributed by atoms with Crippen LogP contribution in [0.3, 0.4) is 0 Å². The molecule has 3 aromatic rings. The number of nitrogens with zero attached hydrogens (tertiary/aromatic N) is 2. The lowest BCUT2D eigenvalue weighted by Crippen LogP contribution is -2.55. The van der Waals surface area contributed by atoms with Gasteiger partial charge in [-0.3, -0.25) is 4.90 Å². The maximum Gasteiger partial charge on any atom is 0.415 e. The van der Waals surface area contributed by atoms with Crippen LogP contribution in [-0.2, 0) is 17.8 Å². The molecular weight excluding hydrogens is 561 g/mol. The van der Waals surface area contributed by atoms with E-state index in [0.717, 1.165) is 19.5 Å². The number of hydrogen-bond acceptors (Lipinski definition) is 4. The summed E-state index contributed by atoms with van der Waals surface area (Å²) in [4.78, 5) is 17.3. The van der Waals surface area contributed by atoms with Gasteiger partial charge in [0.1, 0.15) is 0 Å². The summed E-state index contributed by atoms with van der Waals surface area (Å²) in [7, 11) is -2.33. The van der Waals surface area contributed by atoms with Crippen LogP contribution >= 0.6 is 0 Å². The highest BCUT2D eigenvalue weighted by atomic mass is 28.3. The Morgan fingerprint density at radius 1 is 0.773 bits per heavy atom. The maximum absolute atomic E-state index is 13.1. The van der Waals surface area contributed by atoms with Gasteiger partial charge in [-0.25, -0.2) is 4.79 Å². The van der Waals surface area contributed by atoms with Crippen LogP contribution < -0.4 is 5.19 Å². The van der Waals surface area contributed by atoms with E-state index < -0.39 is 14.2 Å². The van der Waals surface area contributed by atoms with E-state index in [9.17, 15) is 9.90 Å². The molecule has 0 radical (unpaired) electrons. The number of benzene rings is 3. The lowest BCUT2D eigenvalue weighted by molar-refractivity contribution is 0.0284. The summed E-state index contributed by atoms with van der Waals surface area (Å²) in [6, 6.07) is 31.5. The Bertz CT molecular complexity index is 1230. The van der Waals surface area contributed by atoms with Crippen LogP contribution in [0.2, 0.25) is 18.6 Å². The molecule has 44 heavy (non-hydrogen) atoms. The molecule has 3 aromatic carbocycles. The van der Waals surface area contributed by atoms with Crippen molar-refractivity contribution in [3.63, 3.8) is 0 Å². The predicted molar refractivity (Wildman–Crippen MR) is 186 cm³/mol. The third kappa shape index (κ3) is 9.91. The maximum atomic E-state index is 13.1. The summed E-state index contributed by atoms with van der Waals surface area (Å²) in [5.41, 5.74) is 2.22. The first-order valence-electron chi connectivity index (χ1n) is 16.1. The fourth-order valence-corrected chi connectivity index (χ4v) is 9.33. The van der Waals surface area contributed by atoms with Crippen molar-refractivity contribution in [2.45, 2.75) is 104 Å². The Morgan fingerprint density at radius 2 is 1.23 bits per heavy atom. The molecule has 0 heterocycles. The van der Waals surface area contributed by atoms with Crippen LogP contribution in [0, 0.1) is 5.92 Å². The predicted octanol–water partition coefficient (Wildman–Crippen LogP) is 8.22. The molecule has 3 atom stereocenters. The molecular formula is C38H54N2O3Si. The van der Waals surface area contributed by atoms with Gasteiger partial charge in [-0.05, 0) is 57.2 Å². The van der Waals surface area contributed by atoms with Crippen molar-refractivity contribution in [3.8, 4) is 0 Å². The van der Waals surface area contributed by atoms with Crippen molar-refractivity contribution in [1.29, 1.82) is 0 Å². The summed E-state index contributed by atoms with van der Waals surface area (Å²) in [6.07, 6.45) is 3.28. The van der Waals surface area contributed by atoms with Gasteiger partial charge in [0.25, 0.3) is 0 Å². The first-order chi connectivity index (χ1) is 20.9. The number of amides is 1. The van der Waals surface area contributed by atoms with Gasteiger partial charge in [0, 0.05) is 36.8 Å². The minimum Gasteiger partial charge on any atom is -0.418 e. The highest BCUT2D eigenvalue weighted by Crippen LogP contribution is 2.34. The minimum atomic E-state index is -2.33. The molecule has 1 amide bonds. The number of hydrogen-bond donors (Lipinski definition) is 1. The second kappa shape index (κ2) is 16.8. The first-order valence-corrected chi connectivity index (χ1v) is 19.2. The molecule has 0 aliphatic heterocycles. The Hall–Kier alpha value is -3.19. The zero-order valence-corrected chi connectivity index (χ0v) is 29.1. The van der Waals surface area contributed by atoms with E-state index in [2.05, 4.69) is 105 Å².